The third-order valence-corrected chi connectivity index (χ3v) is 6.03. The average molecular weight is 517 g/mol. The first kappa shape index (κ1) is 26.2. The summed E-state index contributed by atoms with van der Waals surface area (Å²) in [7, 11) is 0. The molecule has 0 atom stereocenters. The molecule has 1 N–H and O–H groups in total. The summed E-state index contributed by atoms with van der Waals surface area (Å²) in [5.74, 6) is -0.312. The predicted molar refractivity (Wildman–Crippen MR) is 129 cm³/mol. The van der Waals surface area contributed by atoms with Gasteiger partial charge < -0.3 is 14.4 Å². The summed E-state index contributed by atoms with van der Waals surface area (Å²) in [4.78, 5) is 15.4. The number of alkyl halides is 3. The molecule has 0 aliphatic heterocycles. The van der Waals surface area contributed by atoms with Gasteiger partial charge in [0.2, 0.25) is 0 Å². The minimum absolute atomic E-state index is 0.0827. The summed E-state index contributed by atoms with van der Waals surface area (Å²) in [6.07, 6.45) is -0.788. The number of carboxylic acid groups (broad SMARTS) is 1. The van der Waals surface area contributed by atoms with Gasteiger partial charge in [-0.1, -0.05) is 19.0 Å². The van der Waals surface area contributed by atoms with Crippen LogP contribution < -0.4 is 4.74 Å². The minimum atomic E-state index is -4.46. The number of aromatic nitrogens is 4. The number of fused-ring (bicyclic) bond motifs is 1. The summed E-state index contributed by atoms with van der Waals surface area (Å²) in [6, 6.07) is 5.77. The highest BCUT2D eigenvalue weighted by Crippen LogP contribution is 2.32. The van der Waals surface area contributed by atoms with Crippen LogP contribution in [0.15, 0.2) is 41.2 Å². The lowest BCUT2D eigenvalue weighted by molar-refractivity contribution is -0.152. The van der Waals surface area contributed by atoms with E-state index >= 15 is 0 Å². The van der Waals surface area contributed by atoms with E-state index in [9.17, 15) is 23.1 Å². The van der Waals surface area contributed by atoms with Crippen molar-refractivity contribution < 1.29 is 32.3 Å². The molecule has 0 spiro atoms. The maximum Gasteiger partial charge on any atom is 0.417 e. The molecule has 0 saturated heterocycles. The van der Waals surface area contributed by atoms with Crippen LogP contribution >= 0.6 is 0 Å². The summed E-state index contributed by atoms with van der Waals surface area (Å²) in [5, 5.41) is 18.9. The van der Waals surface area contributed by atoms with Crippen molar-refractivity contribution in [1.29, 1.82) is 0 Å². The number of halogens is 3. The SMILES string of the molecule is Cc1cc2c(CCc3cn(-c4ccc(C(F)(F)F)cn4)nc3C(C)C)noc2cc1OC(C)(C)C(=O)O. The Morgan fingerprint density at radius 3 is 2.51 bits per heavy atom. The van der Waals surface area contributed by atoms with E-state index in [1.54, 1.807) is 12.3 Å². The molecule has 3 heterocycles. The second kappa shape index (κ2) is 9.53. The maximum absolute atomic E-state index is 12.9. The van der Waals surface area contributed by atoms with Crippen molar-refractivity contribution in [2.45, 2.75) is 65.2 Å². The van der Waals surface area contributed by atoms with Gasteiger partial charge in [-0.25, -0.2) is 14.5 Å². The molecule has 0 aliphatic carbocycles. The van der Waals surface area contributed by atoms with Gasteiger partial charge in [0.05, 0.1) is 17.0 Å². The van der Waals surface area contributed by atoms with Crippen LogP contribution in [0.25, 0.3) is 16.8 Å². The number of aryl methyl sites for hydroxylation is 3. The zero-order valence-electron chi connectivity index (χ0n) is 21.1. The van der Waals surface area contributed by atoms with Gasteiger partial charge >= 0.3 is 12.1 Å². The molecule has 196 valence electrons. The Morgan fingerprint density at radius 2 is 1.92 bits per heavy atom. The molecule has 0 bridgehead atoms. The summed E-state index contributed by atoms with van der Waals surface area (Å²) in [6.45, 7) is 8.74. The Kier molecular flexibility index (Phi) is 6.74. The Hall–Kier alpha value is -3.89. The molecule has 3 aromatic heterocycles. The molecule has 4 aromatic rings. The Labute approximate surface area is 211 Å². The Balaban J connectivity index is 1.57. The van der Waals surface area contributed by atoms with Crippen LogP contribution in [0, 0.1) is 6.92 Å². The lowest BCUT2D eigenvalue weighted by atomic mass is 10.0. The van der Waals surface area contributed by atoms with Crippen LogP contribution in [-0.2, 0) is 23.8 Å². The van der Waals surface area contributed by atoms with E-state index < -0.39 is 23.3 Å². The molecule has 1 aromatic carbocycles. The molecule has 0 amide bonds. The van der Waals surface area contributed by atoms with Gasteiger partial charge in [0.1, 0.15) is 5.75 Å². The number of aliphatic carboxylic acids is 1. The summed E-state index contributed by atoms with van der Waals surface area (Å²) in [5.41, 5.74) is 1.46. The van der Waals surface area contributed by atoms with Crippen molar-refractivity contribution in [2.24, 2.45) is 0 Å². The second-order valence-corrected chi connectivity index (χ2v) is 9.70. The van der Waals surface area contributed by atoms with E-state index in [1.807, 2.05) is 26.8 Å². The fourth-order valence-electron chi connectivity index (χ4n) is 3.89. The predicted octanol–water partition coefficient (Wildman–Crippen LogP) is 5.89. The van der Waals surface area contributed by atoms with E-state index in [0.717, 1.165) is 40.2 Å². The van der Waals surface area contributed by atoms with Crippen molar-refractivity contribution in [3.05, 3.63) is 64.7 Å². The van der Waals surface area contributed by atoms with Gasteiger partial charge in [-0.2, -0.15) is 18.3 Å². The van der Waals surface area contributed by atoms with Crippen LogP contribution in [0.2, 0.25) is 0 Å². The topological polar surface area (TPSA) is 103 Å². The highest BCUT2D eigenvalue weighted by Gasteiger charge is 2.31. The first-order chi connectivity index (χ1) is 17.3. The van der Waals surface area contributed by atoms with Gasteiger partial charge in [0.15, 0.2) is 17.0 Å². The van der Waals surface area contributed by atoms with Crippen molar-refractivity contribution >= 4 is 16.9 Å². The zero-order valence-corrected chi connectivity index (χ0v) is 21.1. The van der Waals surface area contributed by atoms with Gasteiger partial charge in [0.25, 0.3) is 0 Å². The molecule has 0 radical (unpaired) electrons. The molecule has 8 nitrogen and oxygen atoms in total. The van der Waals surface area contributed by atoms with Crippen molar-refractivity contribution in [3.8, 4) is 11.6 Å². The van der Waals surface area contributed by atoms with Crippen LogP contribution in [0.5, 0.6) is 5.75 Å². The number of hydrogen-bond donors (Lipinski definition) is 1. The zero-order chi connectivity index (χ0) is 27.1. The highest BCUT2D eigenvalue weighted by molar-refractivity contribution is 5.83. The fourth-order valence-corrected chi connectivity index (χ4v) is 3.89. The number of ether oxygens (including phenoxy) is 1. The first-order valence-corrected chi connectivity index (χ1v) is 11.7. The number of pyridine rings is 1. The van der Waals surface area contributed by atoms with Crippen LogP contribution in [-0.4, -0.2) is 36.6 Å². The molecule has 37 heavy (non-hydrogen) atoms. The second-order valence-electron chi connectivity index (χ2n) is 9.70. The molecule has 4 rings (SSSR count). The van der Waals surface area contributed by atoms with E-state index in [0.29, 0.717) is 30.0 Å². The van der Waals surface area contributed by atoms with Crippen LogP contribution in [0.4, 0.5) is 13.2 Å². The van der Waals surface area contributed by atoms with Crippen molar-refractivity contribution in [3.63, 3.8) is 0 Å². The van der Waals surface area contributed by atoms with E-state index in [2.05, 4.69) is 15.2 Å². The standard InChI is InChI=1S/C26H27F3N4O4/c1-14(2)23-16(13-33(31-23)22-9-7-17(12-30-22)26(27,28)29)6-8-19-18-10-15(3)20(11-21(18)37-32-19)36-25(4,5)24(34)35/h7,9-14H,6,8H2,1-5H3,(H,34,35). The molecule has 0 fully saturated rings. The number of hydrogen-bond acceptors (Lipinski definition) is 6. The van der Waals surface area contributed by atoms with Gasteiger partial charge in [-0.15, -0.1) is 0 Å². The van der Waals surface area contributed by atoms with E-state index in [-0.39, 0.29) is 5.92 Å². The lowest BCUT2D eigenvalue weighted by Gasteiger charge is -2.22. The third kappa shape index (κ3) is 5.45. The van der Waals surface area contributed by atoms with Crippen molar-refractivity contribution in [1.82, 2.24) is 19.9 Å². The van der Waals surface area contributed by atoms with Gasteiger partial charge in [0, 0.05) is 23.8 Å². The summed E-state index contributed by atoms with van der Waals surface area (Å²) < 4.78 is 51.3. The molecule has 0 aliphatic rings. The number of carboxylic acids is 1. The first-order valence-electron chi connectivity index (χ1n) is 11.7. The number of rotatable bonds is 8. The summed E-state index contributed by atoms with van der Waals surface area (Å²) >= 11 is 0. The molecule has 0 saturated carbocycles. The highest BCUT2D eigenvalue weighted by atomic mass is 19.4. The Morgan fingerprint density at radius 1 is 1.19 bits per heavy atom. The average Bonchev–Trinajstić information content (AvgIpc) is 3.41. The monoisotopic (exact) mass is 516 g/mol. The largest absolute Gasteiger partial charge is 0.478 e. The van der Waals surface area contributed by atoms with Crippen LogP contribution in [0.3, 0.4) is 0 Å². The van der Waals surface area contributed by atoms with E-state index in [4.69, 9.17) is 9.26 Å². The number of benzene rings is 1. The maximum atomic E-state index is 12.9. The van der Waals surface area contributed by atoms with Gasteiger partial charge in [-0.3, -0.25) is 0 Å². The van der Waals surface area contributed by atoms with Crippen molar-refractivity contribution in [2.75, 3.05) is 0 Å². The number of nitrogens with zero attached hydrogens (tertiary/aromatic N) is 4. The van der Waals surface area contributed by atoms with Crippen LogP contribution in [0.1, 0.15) is 61.7 Å². The fraction of sp³-hybridized carbons (Fsp3) is 0.385. The minimum Gasteiger partial charge on any atom is -0.478 e. The lowest BCUT2D eigenvalue weighted by Crippen LogP contribution is -2.38. The Bertz CT molecular complexity index is 1440. The quantitative estimate of drug-likeness (QED) is 0.312. The normalized spacial score (nSPS) is 12.5. The van der Waals surface area contributed by atoms with Gasteiger partial charge in [-0.05, 0) is 68.9 Å². The molecule has 0 unspecified atom stereocenters. The molecular formula is C26H27F3N4O4. The molecule has 11 heteroatoms. The van der Waals surface area contributed by atoms with E-state index in [1.165, 1.54) is 24.6 Å². The smallest absolute Gasteiger partial charge is 0.417 e. The third-order valence-electron chi connectivity index (χ3n) is 6.03. The number of carbonyl (C=O) groups is 1. The molecular weight excluding hydrogens is 489 g/mol.